The van der Waals surface area contributed by atoms with Crippen LogP contribution in [0.4, 0.5) is 0 Å². The largest absolute Gasteiger partial charge is 0.462 e. The van der Waals surface area contributed by atoms with Crippen LogP contribution >= 0.6 is 0 Å². The molecule has 17 heavy (non-hydrogen) atoms. The van der Waals surface area contributed by atoms with Crippen LogP contribution in [0, 0.1) is 6.92 Å². The zero-order valence-corrected chi connectivity index (χ0v) is 11.3. The Morgan fingerprint density at radius 3 is 2.53 bits per heavy atom. The molecule has 0 atom stereocenters. The average Bonchev–Trinajstić information content (AvgIpc) is 2.28. The molecule has 1 aromatic heterocycles. The standard InChI is InChI=1S/C14H21NO2/c1-6-11-8-12(14(16)17-7-2)13(9(3)4)15-10(11)5/h8-9H,6-7H2,1-5H3. The van der Waals surface area contributed by atoms with Crippen molar-refractivity contribution in [1.82, 2.24) is 4.98 Å². The summed E-state index contributed by atoms with van der Waals surface area (Å²) < 4.78 is 5.08. The van der Waals surface area contributed by atoms with Crippen LogP contribution in [0.15, 0.2) is 6.07 Å². The first-order valence-electron chi connectivity index (χ1n) is 6.18. The lowest BCUT2D eigenvalue weighted by molar-refractivity contribution is 0.0524. The van der Waals surface area contributed by atoms with E-state index < -0.39 is 0 Å². The van der Waals surface area contributed by atoms with E-state index in [-0.39, 0.29) is 11.9 Å². The van der Waals surface area contributed by atoms with Crippen LogP contribution in [-0.4, -0.2) is 17.6 Å². The Balaban J connectivity index is 3.28. The Labute approximate surface area is 103 Å². The van der Waals surface area contributed by atoms with E-state index >= 15 is 0 Å². The molecular weight excluding hydrogens is 214 g/mol. The molecule has 0 saturated heterocycles. The number of carbonyl (C=O) groups is 1. The minimum atomic E-state index is -0.265. The van der Waals surface area contributed by atoms with Crippen molar-refractivity contribution in [1.29, 1.82) is 0 Å². The maximum atomic E-state index is 11.9. The summed E-state index contributed by atoms with van der Waals surface area (Å²) in [6.07, 6.45) is 0.879. The number of carbonyl (C=O) groups excluding carboxylic acids is 1. The van der Waals surface area contributed by atoms with E-state index in [2.05, 4.69) is 11.9 Å². The summed E-state index contributed by atoms with van der Waals surface area (Å²) in [5.74, 6) is -0.0441. The van der Waals surface area contributed by atoms with Gasteiger partial charge in [0.2, 0.25) is 0 Å². The third-order valence-electron chi connectivity index (χ3n) is 2.77. The Morgan fingerprint density at radius 2 is 2.06 bits per heavy atom. The van der Waals surface area contributed by atoms with Crippen LogP contribution < -0.4 is 0 Å². The minimum Gasteiger partial charge on any atom is -0.462 e. The van der Waals surface area contributed by atoms with Gasteiger partial charge in [-0.25, -0.2) is 4.79 Å². The summed E-state index contributed by atoms with van der Waals surface area (Å²) in [5.41, 5.74) is 3.56. The number of rotatable bonds is 4. The molecule has 0 amide bonds. The lowest BCUT2D eigenvalue weighted by Gasteiger charge is -2.14. The van der Waals surface area contributed by atoms with E-state index in [1.165, 1.54) is 0 Å². The van der Waals surface area contributed by atoms with Crippen LogP contribution in [-0.2, 0) is 11.2 Å². The number of esters is 1. The summed E-state index contributed by atoms with van der Waals surface area (Å²) in [5, 5.41) is 0. The molecular formula is C14H21NO2. The van der Waals surface area contributed by atoms with Gasteiger partial charge >= 0.3 is 5.97 Å². The monoisotopic (exact) mass is 235 g/mol. The molecule has 0 radical (unpaired) electrons. The Hall–Kier alpha value is -1.38. The summed E-state index contributed by atoms with van der Waals surface area (Å²) in [4.78, 5) is 16.4. The van der Waals surface area contributed by atoms with Crippen molar-refractivity contribution in [3.63, 3.8) is 0 Å². The van der Waals surface area contributed by atoms with E-state index in [9.17, 15) is 4.79 Å². The van der Waals surface area contributed by atoms with Gasteiger partial charge in [0.1, 0.15) is 0 Å². The number of ether oxygens (including phenoxy) is 1. The van der Waals surface area contributed by atoms with Crippen molar-refractivity contribution in [3.05, 3.63) is 28.6 Å². The fraction of sp³-hybridized carbons (Fsp3) is 0.571. The van der Waals surface area contributed by atoms with E-state index in [4.69, 9.17) is 4.74 Å². The molecule has 0 aliphatic heterocycles. The molecule has 0 fully saturated rings. The maximum Gasteiger partial charge on any atom is 0.339 e. The lowest BCUT2D eigenvalue weighted by atomic mass is 9.99. The second-order valence-electron chi connectivity index (χ2n) is 4.39. The van der Waals surface area contributed by atoms with Crippen LogP contribution in [0.25, 0.3) is 0 Å². The van der Waals surface area contributed by atoms with Gasteiger partial charge in [-0.15, -0.1) is 0 Å². The quantitative estimate of drug-likeness (QED) is 0.752. The molecule has 3 heteroatoms. The Morgan fingerprint density at radius 1 is 1.41 bits per heavy atom. The highest BCUT2D eigenvalue weighted by atomic mass is 16.5. The number of hydrogen-bond donors (Lipinski definition) is 0. The van der Waals surface area contributed by atoms with Gasteiger partial charge in [0.25, 0.3) is 0 Å². The SMILES string of the molecule is CCOC(=O)c1cc(CC)c(C)nc1C(C)C. The van der Waals surface area contributed by atoms with Gasteiger partial charge in [-0.05, 0) is 37.8 Å². The maximum absolute atomic E-state index is 11.9. The van der Waals surface area contributed by atoms with Gasteiger partial charge in [-0.1, -0.05) is 20.8 Å². The average molecular weight is 235 g/mol. The molecule has 94 valence electrons. The van der Waals surface area contributed by atoms with Crippen LogP contribution in [0.2, 0.25) is 0 Å². The smallest absolute Gasteiger partial charge is 0.339 e. The Kier molecular flexibility index (Phi) is 4.67. The van der Waals surface area contributed by atoms with Gasteiger partial charge in [0, 0.05) is 5.69 Å². The highest BCUT2D eigenvalue weighted by Gasteiger charge is 2.18. The first-order chi connectivity index (χ1) is 8.01. The van der Waals surface area contributed by atoms with Gasteiger partial charge in [-0.3, -0.25) is 4.98 Å². The van der Waals surface area contributed by atoms with E-state index in [1.807, 2.05) is 33.8 Å². The fourth-order valence-corrected chi connectivity index (χ4v) is 1.84. The van der Waals surface area contributed by atoms with Gasteiger partial charge in [0.15, 0.2) is 0 Å². The van der Waals surface area contributed by atoms with E-state index in [0.29, 0.717) is 12.2 Å². The summed E-state index contributed by atoms with van der Waals surface area (Å²) in [6, 6.07) is 1.93. The topological polar surface area (TPSA) is 39.2 Å². The Bertz CT molecular complexity index is 411. The fourth-order valence-electron chi connectivity index (χ4n) is 1.84. The molecule has 0 aliphatic rings. The summed E-state index contributed by atoms with van der Waals surface area (Å²) in [6.45, 7) is 10.3. The predicted octanol–water partition coefficient (Wildman–Crippen LogP) is 3.25. The van der Waals surface area contributed by atoms with E-state index in [0.717, 1.165) is 23.4 Å². The molecule has 1 heterocycles. The predicted molar refractivity (Wildman–Crippen MR) is 68.4 cm³/mol. The van der Waals surface area contributed by atoms with Gasteiger partial charge < -0.3 is 4.74 Å². The van der Waals surface area contributed by atoms with E-state index in [1.54, 1.807) is 0 Å². The van der Waals surface area contributed by atoms with Crippen molar-refractivity contribution in [2.75, 3.05) is 6.61 Å². The third-order valence-corrected chi connectivity index (χ3v) is 2.77. The molecule has 3 nitrogen and oxygen atoms in total. The van der Waals surface area contributed by atoms with Crippen molar-refractivity contribution in [3.8, 4) is 0 Å². The number of aromatic nitrogens is 1. The van der Waals surface area contributed by atoms with Crippen molar-refractivity contribution >= 4 is 5.97 Å². The zero-order valence-electron chi connectivity index (χ0n) is 11.3. The van der Waals surface area contributed by atoms with Crippen LogP contribution in [0.3, 0.4) is 0 Å². The van der Waals surface area contributed by atoms with Crippen LogP contribution in [0.1, 0.15) is 60.9 Å². The highest BCUT2D eigenvalue weighted by molar-refractivity contribution is 5.91. The van der Waals surface area contributed by atoms with Crippen LogP contribution in [0.5, 0.6) is 0 Å². The molecule has 0 unspecified atom stereocenters. The number of nitrogens with zero attached hydrogens (tertiary/aromatic N) is 1. The first-order valence-corrected chi connectivity index (χ1v) is 6.18. The van der Waals surface area contributed by atoms with Gasteiger partial charge in [0.05, 0.1) is 17.9 Å². The first kappa shape index (κ1) is 13.7. The number of pyridine rings is 1. The molecule has 0 N–H and O–H groups in total. The molecule has 0 saturated carbocycles. The molecule has 0 aliphatic carbocycles. The lowest BCUT2D eigenvalue weighted by Crippen LogP contribution is -2.13. The second kappa shape index (κ2) is 5.80. The van der Waals surface area contributed by atoms with Crippen molar-refractivity contribution < 1.29 is 9.53 Å². The number of aryl methyl sites for hydroxylation is 2. The second-order valence-corrected chi connectivity index (χ2v) is 4.39. The third kappa shape index (κ3) is 3.05. The van der Waals surface area contributed by atoms with Gasteiger partial charge in [-0.2, -0.15) is 0 Å². The molecule has 0 spiro atoms. The normalized spacial score (nSPS) is 10.7. The minimum absolute atomic E-state index is 0.221. The number of hydrogen-bond acceptors (Lipinski definition) is 3. The zero-order chi connectivity index (χ0) is 13.0. The summed E-state index contributed by atoms with van der Waals surface area (Å²) in [7, 11) is 0. The highest BCUT2D eigenvalue weighted by Crippen LogP contribution is 2.21. The van der Waals surface area contributed by atoms with Crippen molar-refractivity contribution in [2.24, 2.45) is 0 Å². The molecule has 0 aromatic carbocycles. The van der Waals surface area contributed by atoms with Crippen molar-refractivity contribution in [2.45, 2.75) is 47.0 Å². The molecule has 1 rings (SSSR count). The summed E-state index contributed by atoms with van der Waals surface area (Å²) >= 11 is 0. The molecule has 0 bridgehead atoms. The molecule has 1 aromatic rings.